The molecule has 2 aromatic rings. The topological polar surface area (TPSA) is 85.1 Å². The van der Waals surface area contributed by atoms with E-state index in [-0.39, 0.29) is 10.9 Å². The number of aryl methyl sites for hydroxylation is 1. The summed E-state index contributed by atoms with van der Waals surface area (Å²) in [6.07, 6.45) is 1.66. The van der Waals surface area contributed by atoms with E-state index < -0.39 is 15.7 Å². The first-order chi connectivity index (χ1) is 9.88. The van der Waals surface area contributed by atoms with Crippen LogP contribution in [0.5, 0.6) is 0 Å². The Balaban J connectivity index is 2.42. The lowest BCUT2D eigenvalue weighted by molar-refractivity contribution is -0.384. The van der Waals surface area contributed by atoms with E-state index in [1.54, 1.807) is 12.3 Å². The van der Waals surface area contributed by atoms with Gasteiger partial charge < -0.3 is 5.32 Å². The minimum absolute atomic E-state index is 0.00720. The summed E-state index contributed by atoms with van der Waals surface area (Å²) in [6.45, 7) is 4.29. The van der Waals surface area contributed by atoms with Crippen LogP contribution in [0.2, 0.25) is 0 Å². The first-order valence-corrected chi connectivity index (χ1v) is 8.12. The number of hydrogen-bond donors (Lipinski definition) is 1. The highest BCUT2D eigenvalue weighted by Crippen LogP contribution is 2.27. The number of nitro groups is 1. The maximum Gasteiger partial charge on any atom is 0.270 e. The number of non-ortho nitro benzene ring substituents is 1. The summed E-state index contributed by atoms with van der Waals surface area (Å²) in [4.78, 5) is 14.9. The minimum Gasteiger partial charge on any atom is -0.383 e. The van der Waals surface area contributed by atoms with Crippen LogP contribution in [-0.2, 0) is 10.8 Å². The van der Waals surface area contributed by atoms with Gasteiger partial charge in [-0.3, -0.25) is 19.3 Å². The Bertz CT molecular complexity index is 718. The molecule has 7 heteroatoms. The van der Waals surface area contributed by atoms with Crippen molar-refractivity contribution in [3.63, 3.8) is 0 Å². The van der Waals surface area contributed by atoms with E-state index in [1.165, 1.54) is 12.1 Å². The molecule has 1 heterocycles. The fourth-order valence-electron chi connectivity index (χ4n) is 1.98. The maximum absolute atomic E-state index is 11.4. The van der Waals surface area contributed by atoms with Gasteiger partial charge in [0.25, 0.3) is 5.69 Å². The summed E-state index contributed by atoms with van der Waals surface area (Å²) in [5, 5.41) is 14.8. The molecule has 2 atom stereocenters. The number of aromatic nitrogens is 1. The van der Waals surface area contributed by atoms with Crippen LogP contribution in [0.3, 0.4) is 0 Å². The van der Waals surface area contributed by atoms with Gasteiger partial charge in [0.1, 0.15) is 0 Å². The van der Waals surface area contributed by atoms with Crippen LogP contribution in [0.15, 0.2) is 24.3 Å². The monoisotopic (exact) mass is 307 g/mol. The molecule has 112 valence electrons. The van der Waals surface area contributed by atoms with Gasteiger partial charge in [0.05, 0.1) is 10.4 Å². The summed E-state index contributed by atoms with van der Waals surface area (Å²) in [5.41, 5.74) is 2.33. The molecule has 2 rings (SSSR count). The second-order valence-corrected chi connectivity index (χ2v) is 6.76. The van der Waals surface area contributed by atoms with Gasteiger partial charge in [0.15, 0.2) is 0 Å². The van der Waals surface area contributed by atoms with Crippen molar-refractivity contribution in [2.45, 2.75) is 19.1 Å². The van der Waals surface area contributed by atoms with Crippen LogP contribution in [0.4, 0.5) is 11.4 Å². The molecule has 2 unspecified atom stereocenters. The number of rotatable bonds is 5. The molecule has 0 bridgehead atoms. The van der Waals surface area contributed by atoms with Crippen molar-refractivity contribution in [1.82, 2.24) is 4.98 Å². The first kappa shape index (κ1) is 15.4. The summed E-state index contributed by atoms with van der Waals surface area (Å²) >= 11 is 0. The third kappa shape index (κ3) is 3.55. The zero-order valence-electron chi connectivity index (χ0n) is 12.1. The van der Waals surface area contributed by atoms with Gasteiger partial charge in [-0.2, -0.15) is 0 Å². The molecule has 0 amide bonds. The standard InChI is InChI=1S/C14H17N3O3S/c1-9-6-14(15-8-10(2)21(3)20)12-7-11(17(18)19)4-5-13(12)16-9/h4-7,10H,8H2,1-3H3,(H,15,16). The van der Waals surface area contributed by atoms with E-state index in [2.05, 4.69) is 10.3 Å². The van der Waals surface area contributed by atoms with Crippen molar-refractivity contribution >= 4 is 33.1 Å². The number of nitro benzene ring substituents is 1. The van der Waals surface area contributed by atoms with E-state index in [9.17, 15) is 14.3 Å². The minimum atomic E-state index is -0.921. The first-order valence-electron chi connectivity index (χ1n) is 6.50. The molecular weight excluding hydrogens is 290 g/mol. The normalized spacial score (nSPS) is 13.9. The van der Waals surface area contributed by atoms with Gasteiger partial charge in [-0.25, -0.2) is 0 Å². The van der Waals surface area contributed by atoms with Crippen LogP contribution in [0, 0.1) is 17.0 Å². The highest BCUT2D eigenvalue weighted by molar-refractivity contribution is 7.84. The van der Waals surface area contributed by atoms with Gasteiger partial charge in [0.2, 0.25) is 0 Å². The van der Waals surface area contributed by atoms with E-state index >= 15 is 0 Å². The molecule has 0 saturated carbocycles. The fraction of sp³-hybridized carbons (Fsp3) is 0.357. The van der Waals surface area contributed by atoms with Crippen molar-refractivity contribution in [1.29, 1.82) is 0 Å². The zero-order chi connectivity index (χ0) is 15.6. The molecule has 0 aliphatic carbocycles. The van der Waals surface area contributed by atoms with E-state index in [0.717, 1.165) is 11.4 Å². The molecule has 0 radical (unpaired) electrons. The van der Waals surface area contributed by atoms with Gasteiger partial charge >= 0.3 is 0 Å². The Morgan fingerprint density at radius 1 is 1.43 bits per heavy atom. The molecule has 1 N–H and O–H groups in total. The number of anilines is 1. The van der Waals surface area contributed by atoms with Crippen molar-refractivity contribution in [3.05, 3.63) is 40.1 Å². The number of hydrogen-bond acceptors (Lipinski definition) is 5. The van der Waals surface area contributed by atoms with Crippen molar-refractivity contribution in [3.8, 4) is 0 Å². The molecule has 0 saturated heterocycles. The molecule has 21 heavy (non-hydrogen) atoms. The van der Waals surface area contributed by atoms with Crippen LogP contribution in [0.25, 0.3) is 10.9 Å². The fourth-order valence-corrected chi connectivity index (χ4v) is 2.30. The number of nitrogens with one attached hydrogen (secondary N) is 1. The van der Waals surface area contributed by atoms with Gasteiger partial charge in [0, 0.05) is 57.8 Å². The Kier molecular flexibility index (Phi) is 4.52. The van der Waals surface area contributed by atoms with Crippen LogP contribution in [0.1, 0.15) is 12.6 Å². The van der Waals surface area contributed by atoms with E-state index in [4.69, 9.17) is 0 Å². The summed E-state index contributed by atoms with van der Waals surface area (Å²) < 4.78 is 11.4. The molecular formula is C14H17N3O3S. The molecule has 0 spiro atoms. The summed E-state index contributed by atoms with van der Waals surface area (Å²) in [5.74, 6) is 0. The predicted octanol–water partition coefficient (Wildman–Crippen LogP) is 2.63. The molecule has 1 aromatic heterocycles. The average Bonchev–Trinajstić information content (AvgIpc) is 2.43. The van der Waals surface area contributed by atoms with Crippen LogP contribution in [-0.4, -0.2) is 32.2 Å². The number of benzene rings is 1. The van der Waals surface area contributed by atoms with Crippen LogP contribution < -0.4 is 5.32 Å². The quantitative estimate of drug-likeness (QED) is 0.678. The van der Waals surface area contributed by atoms with Gasteiger partial charge in [-0.15, -0.1) is 0 Å². The van der Waals surface area contributed by atoms with E-state index in [1.807, 2.05) is 19.9 Å². The van der Waals surface area contributed by atoms with E-state index in [0.29, 0.717) is 17.4 Å². The highest BCUT2D eigenvalue weighted by atomic mass is 32.2. The van der Waals surface area contributed by atoms with Crippen molar-refractivity contribution in [2.24, 2.45) is 0 Å². The van der Waals surface area contributed by atoms with Gasteiger partial charge in [-0.05, 0) is 26.0 Å². The number of fused-ring (bicyclic) bond motifs is 1. The summed E-state index contributed by atoms with van der Waals surface area (Å²) in [6, 6.07) is 6.45. The maximum atomic E-state index is 11.4. The van der Waals surface area contributed by atoms with Crippen molar-refractivity contribution in [2.75, 3.05) is 18.1 Å². The molecule has 0 aliphatic rings. The lowest BCUT2D eigenvalue weighted by Gasteiger charge is -2.13. The molecule has 1 aromatic carbocycles. The third-order valence-electron chi connectivity index (χ3n) is 3.28. The lowest BCUT2D eigenvalue weighted by atomic mass is 10.1. The SMILES string of the molecule is Cc1cc(NCC(C)S(C)=O)c2cc([N+](=O)[O-])ccc2n1. The highest BCUT2D eigenvalue weighted by Gasteiger charge is 2.12. The van der Waals surface area contributed by atoms with Crippen LogP contribution >= 0.6 is 0 Å². The average molecular weight is 307 g/mol. The Hall–Kier alpha value is -2.02. The lowest BCUT2D eigenvalue weighted by Crippen LogP contribution is -2.20. The smallest absolute Gasteiger partial charge is 0.270 e. The largest absolute Gasteiger partial charge is 0.383 e. The second kappa shape index (κ2) is 6.17. The molecule has 0 aliphatic heterocycles. The molecule has 0 fully saturated rings. The summed E-state index contributed by atoms with van der Waals surface area (Å²) in [7, 11) is -0.921. The predicted molar refractivity (Wildman–Crippen MR) is 85.2 cm³/mol. The number of nitrogens with zero attached hydrogens (tertiary/aromatic N) is 2. The zero-order valence-corrected chi connectivity index (χ0v) is 12.9. The Morgan fingerprint density at radius 3 is 2.76 bits per heavy atom. The molecule has 6 nitrogen and oxygen atoms in total. The Labute approximate surface area is 125 Å². The Morgan fingerprint density at radius 2 is 2.14 bits per heavy atom. The van der Waals surface area contributed by atoms with Gasteiger partial charge in [-0.1, -0.05) is 0 Å². The number of pyridine rings is 1. The second-order valence-electron chi connectivity index (χ2n) is 4.96. The third-order valence-corrected chi connectivity index (χ3v) is 4.58. The van der Waals surface area contributed by atoms with Crippen molar-refractivity contribution < 1.29 is 9.13 Å².